The van der Waals surface area contributed by atoms with Crippen molar-refractivity contribution in [3.8, 4) is 0 Å². The van der Waals surface area contributed by atoms with E-state index < -0.39 is 0 Å². The number of hydrogen-bond donors (Lipinski definition) is 0. The van der Waals surface area contributed by atoms with Gasteiger partial charge in [0.25, 0.3) is 0 Å². The SMILES string of the molecule is CC(C(=O)C1CCCCC1)C(C=O)c1ccccc1. The Balaban J connectivity index is 2.09. The van der Waals surface area contributed by atoms with Crippen molar-refractivity contribution in [2.24, 2.45) is 11.8 Å². The lowest BCUT2D eigenvalue weighted by Gasteiger charge is -2.26. The van der Waals surface area contributed by atoms with Crippen molar-refractivity contribution in [2.45, 2.75) is 44.9 Å². The van der Waals surface area contributed by atoms with Gasteiger partial charge in [-0.1, -0.05) is 56.5 Å². The van der Waals surface area contributed by atoms with Crippen LogP contribution in [0, 0.1) is 11.8 Å². The Morgan fingerprint density at radius 1 is 1.16 bits per heavy atom. The van der Waals surface area contributed by atoms with E-state index in [1.54, 1.807) is 0 Å². The standard InChI is InChI=1S/C17H22O2/c1-13(17(19)15-10-6-3-7-11-15)16(12-18)14-8-4-2-5-9-14/h2,4-5,8-9,12-13,15-16H,3,6-7,10-11H2,1H3. The lowest BCUT2D eigenvalue weighted by atomic mass is 9.76. The third-order valence-corrected chi connectivity index (χ3v) is 4.33. The maximum Gasteiger partial charge on any atom is 0.139 e. The monoisotopic (exact) mass is 258 g/mol. The molecule has 2 heteroatoms. The van der Waals surface area contributed by atoms with Crippen LogP contribution in [0.1, 0.15) is 50.5 Å². The van der Waals surface area contributed by atoms with Crippen LogP contribution in [0.15, 0.2) is 30.3 Å². The highest BCUT2D eigenvalue weighted by Crippen LogP contribution is 2.31. The molecule has 0 aromatic heterocycles. The first-order chi connectivity index (χ1) is 9.24. The molecule has 0 saturated heterocycles. The molecule has 1 aliphatic rings. The fourth-order valence-electron chi connectivity index (χ4n) is 3.10. The minimum absolute atomic E-state index is 0.176. The highest BCUT2D eigenvalue weighted by atomic mass is 16.1. The molecule has 0 aliphatic heterocycles. The van der Waals surface area contributed by atoms with Crippen molar-refractivity contribution in [1.82, 2.24) is 0 Å². The van der Waals surface area contributed by atoms with Crippen LogP contribution >= 0.6 is 0 Å². The molecule has 2 unspecified atom stereocenters. The topological polar surface area (TPSA) is 34.1 Å². The predicted octanol–water partition coefficient (Wildman–Crippen LogP) is 3.75. The van der Waals surface area contributed by atoms with Crippen LogP contribution in [0.3, 0.4) is 0 Å². The molecular weight excluding hydrogens is 236 g/mol. The first kappa shape index (κ1) is 14.0. The first-order valence-corrected chi connectivity index (χ1v) is 7.28. The second kappa shape index (κ2) is 6.65. The number of ketones is 1. The third kappa shape index (κ3) is 3.31. The van der Waals surface area contributed by atoms with Crippen molar-refractivity contribution in [3.63, 3.8) is 0 Å². The largest absolute Gasteiger partial charge is 0.303 e. The third-order valence-electron chi connectivity index (χ3n) is 4.33. The van der Waals surface area contributed by atoms with Gasteiger partial charge < -0.3 is 4.79 Å². The molecule has 2 nitrogen and oxygen atoms in total. The minimum atomic E-state index is -0.296. The summed E-state index contributed by atoms with van der Waals surface area (Å²) in [4.78, 5) is 23.9. The predicted molar refractivity (Wildman–Crippen MR) is 76.0 cm³/mol. The molecule has 0 heterocycles. The maximum absolute atomic E-state index is 12.5. The molecule has 102 valence electrons. The summed E-state index contributed by atoms with van der Waals surface area (Å²) in [5.41, 5.74) is 0.953. The van der Waals surface area contributed by atoms with Crippen LogP contribution in [0.25, 0.3) is 0 Å². The molecule has 2 atom stereocenters. The summed E-state index contributed by atoms with van der Waals surface area (Å²) in [5, 5.41) is 0. The Labute approximate surface area is 115 Å². The van der Waals surface area contributed by atoms with E-state index in [1.807, 2.05) is 37.3 Å². The van der Waals surface area contributed by atoms with E-state index in [2.05, 4.69) is 0 Å². The zero-order chi connectivity index (χ0) is 13.7. The highest BCUT2D eigenvalue weighted by Gasteiger charge is 2.31. The summed E-state index contributed by atoms with van der Waals surface area (Å²) in [7, 11) is 0. The number of carbonyl (C=O) groups is 2. The van der Waals surface area contributed by atoms with Crippen LogP contribution in [-0.4, -0.2) is 12.1 Å². The van der Waals surface area contributed by atoms with Gasteiger partial charge in [0, 0.05) is 17.8 Å². The van der Waals surface area contributed by atoms with Gasteiger partial charge in [-0.05, 0) is 18.4 Å². The van der Waals surface area contributed by atoms with Gasteiger partial charge in [0.1, 0.15) is 12.1 Å². The molecule has 1 aromatic carbocycles. The van der Waals surface area contributed by atoms with E-state index in [1.165, 1.54) is 6.42 Å². The Morgan fingerprint density at radius 3 is 2.37 bits per heavy atom. The second-order valence-corrected chi connectivity index (χ2v) is 5.60. The summed E-state index contributed by atoms with van der Waals surface area (Å²) in [6.45, 7) is 1.91. The van der Waals surface area contributed by atoms with Crippen LogP contribution in [0.2, 0.25) is 0 Å². The Kier molecular flexibility index (Phi) is 4.89. The molecule has 19 heavy (non-hydrogen) atoms. The average Bonchev–Trinajstić information content (AvgIpc) is 2.49. The van der Waals surface area contributed by atoms with Gasteiger partial charge in [-0.2, -0.15) is 0 Å². The van der Waals surface area contributed by atoms with Crippen molar-refractivity contribution >= 4 is 12.1 Å². The maximum atomic E-state index is 12.5. The number of rotatable bonds is 5. The quantitative estimate of drug-likeness (QED) is 0.754. The average molecular weight is 258 g/mol. The Hall–Kier alpha value is -1.44. The van der Waals surface area contributed by atoms with Crippen molar-refractivity contribution in [2.75, 3.05) is 0 Å². The molecule has 0 amide bonds. The fourth-order valence-corrected chi connectivity index (χ4v) is 3.10. The normalized spacial score (nSPS) is 19.6. The van der Waals surface area contributed by atoms with Crippen LogP contribution in [-0.2, 0) is 9.59 Å². The Morgan fingerprint density at radius 2 is 1.79 bits per heavy atom. The van der Waals surface area contributed by atoms with Gasteiger partial charge in [-0.15, -0.1) is 0 Å². The molecule has 1 saturated carbocycles. The number of hydrogen-bond acceptors (Lipinski definition) is 2. The molecule has 1 aliphatic carbocycles. The molecule has 0 bridgehead atoms. The summed E-state index contributed by atoms with van der Waals surface area (Å²) < 4.78 is 0. The van der Waals surface area contributed by atoms with Gasteiger partial charge in [0.15, 0.2) is 0 Å². The van der Waals surface area contributed by atoms with Gasteiger partial charge >= 0.3 is 0 Å². The van der Waals surface area contributed by atoms with E-state index in [4.69, 9.17) is 0 Å². The fraction of sp³-hybridized carbons (Fsp3) is 0.529. The molecule has 0 radical (unpaired) electrons. The van der Waals surface area contributed by atoms with Gasteiger partial charge in [0.05, 0.1) is 0 Å². The van der Waals surface area contributed by atoms with Gasteiger partial charge in [-0.3, -0.25) is 4.79 Å². The minimum Gasteiger partial charge on any atom is -0.303 e. The Bertz CT molecular complexity index is 418. The second-order valence-electron chi connectivity index (χ2n) is 5.60. The number of aldehydes is 1. The first-order valence-electron chi connectivity index (χ1n) is 7.28. The van der Waals surface area contributed by atoms with Gasteiger partial charge in [0.2, 0.25) is 0 Å². The highest BCUT2D eigenvalue weighted by molar-refractivity contribution is 5.87. The summed E-state index contributed by atoms with van der Waals surface area (Å²) in [6.07, 6.45) is 6.49. The lowest BCUT2D eigenvalue weighted by molar-refractivity contribution is -0.129. The number of carbonyl (C=O) groups excluding carboxylic acids is 2. The van der Waals surface area contributed by atoms with Crippen LogP contribution < -0.4 is 0 Å². The summed E-state index contributed by atoms with van der Waals surface area (Å²) >= 11 is 0. The van der Waals surface area contributed by atoms with E-state index >= 15 is 0 Å². The van der Waals surface area contributed by atoms with Crippen molar-refractivity contribution < 1.29 is 9.59 Å². The van der Waals surface area contributed by atoms with E-state index in [-0.39, 0.29) is 23.5 Å². The molecule has 1 fully saturated rings. The molecule has 0 N–H and O–H groups in total. The zero-order valence-electron chi connectivity index (χ0n) is 11.5. The van der Waals surface area contributed by atoms with E-state index in [0.29, 0.717) is 0 Å². The number of benzene rings is 1. The summed E-state index contributed by atoms with van der Waals surface area (Å²) in [6, 6.07) is 9.64. The van der Waals surface area contributed by atoms with E-state index in [9.17, 15) is 9.59 Å². The van der Waals surface area contributed by atoms with Crippen molar-refractivity contribution in [1.29, 1.82) is 0 Å². The molecule has 2 rings (SSSR count). The molecular formula is C17H22O2. The molecule has 1 aromatic rings. The lowest BCUT2D eigenvalue weighted by Crippen LogP contribution is -2.28. The zero-order valence-corrected chi connectivity index (χ0v) is 11.5. The van der Waals surface area contributed by atoms with Crippen LogP contribution in [0.4, 0.5) is 0 Å². The van der Waals surface area contributed by atoms with Crippen LogP contribution in [0.5, 0.6) is 0 Å². The molecule has 0 spiro atoms. The number of Topliss-reactive ketones (excluding diaryl/α,β-unsaturated/α-hetero) is 1. The smallest absolute Gasteiger partial charge is 0.139 e. The van der Waals surface area contributed by atoms with Crippen molar-refractivity contribution in [3.05, 3.63) is 35.9 Å². The van der Waals surface area contributed by atoms with Gasteiger partial charge in [-0.25, -0.2) is 0 Å². The summed E-state index contributed by atoms with van der Waals surface area (Å²) in [5.74, 6) is -0.0470. The van der Waals surface area contributed by atoms with E-state index in [0.717, 1.165) is 37.5 Å².